The van der Waals surface area contributed by atoms with Crippen molar-refractivity contribution in [1.29, 1.82) is 0 Å². The average molecular weight is 355 g/mol. The van der Waals surface area contributed by atoms with E-state index in [1.54, 1.807) is 18.3 Å². The van der Waals surface area contributed by atoms with Crippen molar-refractivity contribution in [3.63, 3.8) is 0 Å². The summed E-state index contributed by atoms with van der Waals surface area (Å²) in [5.74, 6) is -0.162. The third-order valence-corrected chi connectivity index (χ3v) is 5.10. The number of aromatic nitrogens is 2. The molecule has 0 radical (unpaired) electrons. The lowest BCUT2D eigenvalue weighted by Gasteiger charge is -2.18. The quantitative estimate of drug-likeness (QED) is 0.737. The zero-order valence-corrected chi connectivity index (χ0v) is 15.2. The van der Waals surface area contributed by atoms with Gasteiger partial charge in [-0.05, 0) is 36.9 Å². The molecule has 0 aliphatic rings. The van der Waals surface area contributed by atoms with Crippen LogP contribution in [0, 0.1) is 6.92 Å². The van der Waals surface area contributed by atoms with Gasteiger partial charge in [0.15, 0.2) is 0 Å². The molecule has 0 aliphatic carbocycles. The average Bonchev–Trinajstić information content (AvgIpc) is 3.13. The molecular weight excluding hydrogens is 334 g/mol. The SMILES string of the molecule is CCCC(NC(=O)Cn1c(=O)c(C)nc2ccccc21)c1cccs1. The number of para-hydroxylation sites is 2. The first kappa shape index (κ1) is 17.4. The second-order valence-electron chi connectivity index (χ2n) is 6.00. The van der Waals surface area contributed by atoms with Crippen molar-refractivity contribution in [3.8, 4) is 0 Å². The van der Waals surface area contributed by atoms with Gasteiger partial charge in [-0.3, -0.25) is 14.2 Å². The van der Waals surface area contributed by atoms with E-state index in [2.05, 4.69) is 17.2 Å². The Hall–Kier alpha value is -2.47. The summed E-state index contributed by atoms with van der Waals surface area (Å²) in [6.07, 6.45) is 1.84. The lowest BCUT2D eigenvalue weighted by Crippen LogP contribution is -2.35. The maximum Gasteiger partial charge on any atom is 0.272 e. The number of rotatable bonds is 6. The van der Waals surface area contributed by atoms with Crippen molar-refractivity contribution in [2.45, 2.75) is 39.3 Å². The van der Waals surface area contributed by atoms with Crippen LogP contribution in [-0.2, 0) is 11.3 Å². The number of hydrogen-bond acceptors (Lipinski definition) is 4. The van der Waals surface area contributed by atoms with Gasteiger partial charge in [0, 0.05) is 4.88 Å². The van der Waals surface area contributed by atoms with Crippen LogP contribution in [0.25, 0.3) is 11.0 Å². The summed E-state index contributed by atoms with van der Waals surface area (Å²) in [5, 5.41) is 5.08. The summed E-state index contributed by atoms with van der Waals surface area (Å²) in [7, 11) is 0. The number of aryl methyl sites for hydroxylation is 1. The molecule has 1 amide bonds. The van der Waals surface area contributed by atoms with E-state index in [4.69, 9.17) is 0 Å². The smallest absolute Gasteiger partial charge is 0.272 e. The third-order valence-electron chi connectivity index (χ3n) is 4.12. The summed E-state index contributed by atoms with van der Waals surface area (Å²) in [6, 6.07) is 11.4. The van der Waals surface area contributed by atoms with Gasteiger partial charge < -0.3 is 5.32 Å². The third kappa shape index (κ3) is 3.79. The van der Waals surface area contributed by atoms with Crippen LogP contribution in [0.4, 0.5) is 0 Å². The van der Waals surface area contributed by atoms with Crippen molar-refractivity contribution in [1.82, 2.24) is 14.9 Å². The first-order chi connectivity index (χ1) is 12.1. The Labute approximate surface area is 150 Å². The maximum atomic E-state index is 12.6. The fourth-order valence-corrected chi connectivity index (χ4v) is 3.74. The predicted octanol–water partition coefficient (Wildman–Crippen LogP) is 3.42. The van der Waals surface area contributed by atoms with E-state index in [1.807, 2.05) is 41.8 Å². The van der Waals surface area contributed by atoms with E-state index in [-0.39, 0.29) is 24.1 Å². The fourth-order valence-electron chi connectivity index (χ4n) is 2.92. The summed E-state index contributed by atoms with van der Waals surface area (Å²) in [5.41, 5.74) is 1.57. The number of carbonyl (C=O) groups excluding carboxylic acids is 1. The topological polar surface area (TPSA) is 64.0 Å². The minimum absolute atomic E-state index is 0.00566. The number of fused-ring (bicyclic) bond motifs is 1. The minimum atomic E-state index is -0.225. The number of nitrogens with zero attached hydrogens (tertiary/aromatic N) is 2. The summed E-state index contributed by atoms with van der Waals surface area (Å²) in [4.78, 5) is 30.5. The van der Waals surface area contributed by atoms with Crippen LogP contribution in [0.15, 0.2) is 46.6 Å². The molecule has 1 aromatic carbocycles. The summed E-state index contributed by atoms with van der Waals surface area (Å²) in [6.45, 7) is 3.76. The number of nitrogens with one attached hydrogen (secondary N) is 1. The Morgan fingerprint density at radius 2 is 2.08 bits per heavy atom. The number of thiophene rings is 1. The zero-order valence-electron chi connectivity index (χ0n) is 14.4. The molecule has 6 heteroatoms. The maximum absolute atomic E-state index is 12.6. The van der Waals surface area contributed by atoms with Crippen LogP contribution in [0.1, 0.15) is 36.4 Å². The molecule has 1 unspecified atom stereocenters. The van der Waals surface area contributed by atoms with Crippen molar-refractivity contribution >= 4 is 28.3 Å². The molecule has 0 fully saturated rings. The molecule has 3 rings (SSSR count). The summed E-state index contributed by atoms with van der Waals surface area (Å²) < 4.78 is 1.50. The second-order valence-corrected chi connectivity index (χ2v) is 6.98. The molecule has 130 valence electrons. The first-order valence-electron chi connectivity index (χ1n) is 8.39. The van der Waals surface area contributed by atoms with Crippen molar-refractivity contribution in [3.05, 3.63) is 62.7 Å². The molecule has 1 N–H and O–H groups in total. The van der Waals surface area contributed by atoms with Crippen LogP contribution in [0.2, 0.25) is 0 Å². The van der Waals surface area contributed by atoms with Crippen molar-refractivity contribution < 1.29 is 4.79 Å². The molecule has 2 heterocycles. The highest BCUT2D eigenvalue weighted by Crippen LogP contribution is 2.23. The summed E-state index contributed by atoms with van der Waals surface area (Å²) >= 11 is 1.63. The van der Waals surface area contributed by atoms with Gasteiger partial charge in [-0.1, -0.05) is 31.5 Å². The Kier molecular flexibility index (Phi) is 5.28. The van der Waals surface area contributed by atoms with E-state index < -0.39 is 0 Å². The van der Waals surface area contributed by atoms with Crippen molar-refractivity contribution in [2.75, 3.05) is 0 Å². The van der Waals surface area contributed by atoms with Crippen LogP contribution in [-0.4, -0.2) is 15.5 Å². The van der Waals surface area contributed by atoms with E-state index in [0.717, 1.165) is 23.2 Å². The lowest BCUT2D eigenvalue weighted by molar-refractivity contribution is -0.122. The number of amides is 1. The van der Waals surface area contributed by atoms with Gasteiger partial charge in [0.1, 0.15) is 12.2 Å². The van der Waals surface area contributed by atoms with E-state index in [0.29, 0.717) is 11.2 Å². The van der Waals surface area contributed by atoms with Crippen LogP contribution in [0.3, 0.4) is 0 Å². The molecular formula is C19H21N3O2S. The van der Waals surface area contributed by atoms with Crippen LogP contribution < -0.4 is 10.9 Å². The van der Waals surface area contributed by atoms with Crippen LogP contribution in [0.5, 0.6) is 0 Å². The highest BCUT2D eigenvalue weighted by molar-refractivity contribution is 7.10. The molecule has 25 heavy (non-hydrogen) atoms. The number of hydrogen-bond donors (Lipinski definition) is 1. The Morgan fingerprint density at radius 3 is 2.80 bits per heavy atom. The first-order valence-corrected chi connectivity index (χ1v) is 9.27. The van der Waals surface area contributed by atoms with Gasteiger partial charge in [0.25, 0.3) is 5.56 Å². The Bertz CT molecular complexity index is 931. The highest BCUT2D eigenvalue weighted by atomic mass is 32.1. The minimum Gasteiger partial charge on any atom is -0.347 e. The molecule has 3 aromatic rings. The monoisotopic (exact) mass is 355 g/mol. The molecule has 1 atom stereocenters. The lowest BCUT2D eigenvalue weighted by atomic mass is 10.1. The van der Waals surface area contributed by atoms with Crippen molar-refractivity contribution in [2.24, 2.45) is 0 Å². The molecule has 0 saturated carbocycles. The van der Waals surface area contributed by atoms with E-state index in [9.17, 15) is 9.59 Å². The van der Waals surface area contributed by atoms with Gasteiger partial charge >= 0.3 is 0 Å². The fraction of sp³-hybridized carbons (Fsp3) is 0.316. The zero-order chi connectivity index (χ0) is 17.8. The predicted molar refractivity (Wildman–Crippen MR) is 101 cm³/mol. The Balaban J connectivity index is 1.87. The highest BCUT2D eigenvalue weighted by Gasteiger charge is 2.17. The largest absolute Gasteiger partial charge is 0.347 e. The van der Waals surface area contributed by atoms with Gasteiger partial charge in [0.05, 0.1) is 17.1 Å². The standard InChI is InChI=1S/C19H21N3O2S/c1-3-7-15(17-10-6-11-25-17)21-18(23)12-22-16-9-5-4-8-14(16)20-13(2)19(22)24/h4-6,8-11,15H,3,7,12H2,1-2H3,(H,21,23). The van der Waals surface area contributed by atoms with Crippen LogP contribution >= 0.6 is 11.3 Å². The van der Waals surface area contributed by atoms with Gasteiger partial charge in [-0.25, -0.2) is 4.98 Å². The van der Waals surface area contributed by atoms with Gasteiger partial charge in [0.2, 0.25) is 5.91 Å². The van der Waals surface area contributed by atoms with Gasteiger partial charge in [-0.15, -0.1) is 11.3 Å². The molecule has 0 saturated heterocycles. The normalized spacial score (nSPS) is 12.2. The number of benzene rings is 1. The molecule has 0 spiro atoms. The van der Waals surface area contributed by atoms with E-state index >= 15 is 0 Å². The Morgan fingerprint density at radius 1 is 1.28 bits per heavy atom. The number of carbonyl (C=O) groups is 1. The van der Waals surface area contributed by atoms with Gasteiger partial charge in [-0.2, -0.15) is 0 Å². The van der Waals surface area contributed by atoms with E-state index in [1.165, 1.54) is 4.57 Å². The molecule has 0 aliphatic heterocycles. The molecule has 5 nitrogen and oxygen atoms in total. The molecule has 0 bridgehead atoms. The second kappa shape index (κ2) is 7.61. The molecule has 2 aromatic heterocycles.